The summed E-state index contributed by atoms with van der Waals surface area (Å²) in [6.45, 7) is 0. The molecule has 4 nitrogen and oxygen atoms in total. The molecule has 18 heavy (non-hydrogen) atoms. The number of pyridine rings is 1. The van der Waals surface area contributed by atoms with Crippen molar-refractivity contribution >= 4 is 17.8 Å². The van der Waals surface area contributed by atoms with Crippen LogP contribution in [0.3, 0.4) is 0 Å². The number of benzene rings is 1. The number of aldehydes is 1. The lowest BCUT2D eigenvalue weighted by atomic mass is 10.2. The lowest BCUT2D eigenvalue weighted by Gasteiger charge is -2.19. The van der Waals surface area contributed by atoms with Crippen LogP contribution in [0.2, 0.25) is 0 Å². The first kappa shape index (κ1) is 11.8. The molecule has 0 radical (unpaired) electrons. The molecule has 0 aliphatic rings. The lowest BCUT2D eigenvalue weighted by molar-refractivity contribution is 0.112. The molecule has 0 saturated heterocycles. The Balaban J connectivity index is 2.38. The molecule has 0 bridgehead atoms. The predicted molar refractivity (Wildman–Crippen MR) is 68.8 cm³/mol. The first-order valence-corrected chi connectivity index (χ1v) is 5.40. The number of para-hydroxylation sites is 1. The number of hydrogen-bond donors (Lipinski definition) is 0. The van der Waals surface area contributed by atoms with Gasteiger partial charge in [-0.2, -0.15) is 5.26 Å². The highest BCUT2D eigenvalue weighted by Gasteiger charge is 2.09. The maximum Gasteiger partial charge on any atom is 0.151 e. The molecule has 0 aliphatic carbocycles. The molecule has 4 heteroatoms. The van der Waals surface area contributed by atoms with Crippen LogP contribution in [0.4, 0.5) is 11.5 Å². The molecule has 0 spiro atoms. The van der Waals surface area contributed by atoms with Crippen molar-refractivity contribution in [1.82, 2.24) is 4.98 Å². The minimum atomic E-state index is 0.528. The zero-order chi connectivity index (χ0) is 13.0. The molecule has 0 saturated carbocycles. The fraction of sp³-hybridized carbons (Fsp3) is 0.0714. The molecule has 1 aromatic carbocycles. The summed E-state index contributed by atoms with van der Waals surface area (Å²) in [5.74, 6) is 0.684. The van der Waals surface area contributed by atoms with E-state index in [1.165, 1.54) is 6.20 Å². The second kappa shape index (κ2) is 5.11. The summed E-state index contributed by atoms with van der Waals surface area (Å²) in [6.07, 6.45) is 2.26. The summed E-state index contributed by atoms with van der Waals surface area (Å²) in [7, 11) is 1.83. The van der Waals surface area contributed by atoms with Gasteiger partial charge in [0.25, 0.3) is 0 Å². The molecule has 0 unspecified atom stereocenters. The van der Waals surface area contributed by atoms with Crippen molar-refractivity contribution in [2.45, 2.75) is 0 Å². The van der Waals surface area contributed by atoms with Crippen molar-refractivity contribution < 1.29 is 4.79 Å². The van der Waals surface area contributed by atoms with Crippen molar-refractivity contribution in [1.29, 1.82) is 5.26 Å². The van der Waals surface area contributed by atoms with E-state index in [2.05, 4.69) is 11.1 Å². The average molecular weight is 237 g/mol. The van der Waals surface area contributed by atoms with E-state index in [9.17, 15) is 4.79 Å². The molecular weight excluding hydrogens is 226 g/mol. The Morgan fingerprint density at radius 3 is 2.67 bits per heavy atom. The first-order valence-electron chi connectivity index (χ1n) is 5.40. The van der Waals surface area contributed by atoms with Gasteiger partial charge in [0.05, 0.1) is 11.3 Å². The average Bonchev–Trinajstić information content (AvgIpc) is 2.46. The van der Waals surface area contributed by atoms with E-state index in [0.717, 1.165) is 12.0 Å². The molecular formula is C14H11N3O. The van der Waals surface area contributed by atoms with Crippen molar-refractivity contribution in [3.63, 3.8) is 0 Å². The van der Waals surface area contributed by atoms with Crippen LogP contribution in [0.5, 0.6) is 0 Å². The standard InChI is InChI=1S/C14H11N3O/c1-17(13-5-3-2-4-12(13)8-15)14-7-6-11(10-18)9-16-14/h2-7,9-10H,1H3. The zero-order valence-electron chi connectivity index (χ0n) is 9.87. The Kier molecular flexibility index (Phi) is 3.35. The summed E-state index contributed by atoms with van der Waals surface area (Å²) < 4.78 is 0. The molecule has 0 amide bonds. The second-order valence-electron chi connectivity index (χ2n) is 3.76. The lowest BCUT2D eigenvalue weighted by Crippen LogP contribution is -2.12. The third-order valence-electron chi connectivity index (χ3n) is 2.64. The van der Waals surface area contributed by atoms with Gasteiger partial charge in [-0.25, -0.2) is 4.98 Å². The Labute approximate surface area is 105 Å². The SMILES string of the molecule is CN(c1ccc(C=O)cn1)c1ccccc1C#N. The van der Waals surface area contributed by atoms with E-state index in [0.29, 0.717) is 16.9 Å². The quantitative estimate of drug-likeness (QED) is 0.770. The van der Waals surface area contributed by atoms with Gasteiger partial charge in [-0.1, -0.05) is 12.1 Å². The highest BCUT2D eigenvalue weighted by atomic mass is 16.1. The number of anilines is 2. The number of rotatable bonds is 3. The fourth-order valence-electron chi connectivity index (χ4n) is 1.65. The van der Waals surface area contributed by atoms with Crippen LogP contribution < -0.4 is 4.90 Å². The Morgan fingerprint density at radius 1 is 1.28 bits per heavy atom. The number of nitrogens with zero attached hydrogens (tertiary/aromatic N) is 3. The van der Waals surface area contributed by atoms with E-state index in [-0.39, 0.29) is 0 Å². The number of hydrogen-bond acceptors (Lipinski definition) is 4. The highest BCUT2D eigenvalue weighted by molar-refractivity contribution is 5.75. The van der Waals surface area contributed by atoms with Crippen LogP contribution in [0, 0.1) is 11.3 Å². The predicted octanol–water partition coefficient (Wildman–Crippen LogP) is 2.53. The largest absolute Gasteiger partial charge is 0.328 e. The molecule has 0 N–H and O–H groups in total. The maximum atomic E-state index is 10.6. The van der Waals surface area contributed by atoms with Crippen molar-refractivity contribution in [3.8, 4) is 6.07 Å². The molecule has 0 atom stereocenters. The van der Waals surface area contributed by atoms with Gasteiger partial charge >= 0.3 is 0 Å². The monoisotopic (exact) mass is 237 g/mol. The van der Waals surface area contributed by atoms with Gasteiger partial charge in [-0.3, -0.25) is 4.79 Å². The minimum absolute atomic E-state index is 0.528. The van der Waals surface area contributed by atoms with Gasteiger partial charge in [0.1, 0.15) is 11.9 Å². The molecule has 2 rings (SSSR count). The van der Waals surface area contributed by atoms with Crippen molar-refractivity contribution in [2.75, 3.05) is 11.9 Å². The number of nitriles is 1. The van der Waals surface area contributed by atoms with Crippen LogP contribution >= 0.6 is 0 Å². The number of carbonyl (C=O) groups excluding carboxylic acids is 1. The molecule has 1 heterocycles. The number of carbonyl (C=O) groups is 1. The van der Waals surface area contributed by atoms with Gasteiger partial charge in [0, 0.05) is 18.8 Å². The Bertz CT molecular complexity index is 599. The van der Waals surface area contributed by atoms with Crippen LogP contribution in [0.25, 0.3) is 0 Å². The van der Waals surface area contributed by atoms with Crippen LogP contribution in [0.15, 0.2) is 42.6 Å². The normalized spacial score (nSPS) is 9.56. The summed E-state index contributed by atoms with van der Waals surface area (Å²) in [6, 6.07) is 12.9. The van der Waals surface area contributed by atoms with Gasteiger partial charge in [0.2, 0.25) is 0 Å². The fourth-order valence-corrected chi connectivity index (χ4v) is 1.65. The molecule has 2 aromatic rings. The van der Waals surface area contributed by atoms with Gasteiger partial charge in [-0.15, -0.1) is 0 Å². The first-order chi connectivity index (χ1) is 8.76. The molecule has 0 aliphatic heterocycles. The van der Waals surface area contributed by atoms with Crippen molar-refractivity contribution in [3.05, 3.63) is 53.7 Å². The van der Waals surface area contributed by atoms with Crippen molar-refractivity contribution in [2.24, 2.45) is 0 Å². The van der Waals surface area contributed by atoms with E-state index in [1.54, 1.807) is 18.2 Å². The third kappa shape index (κ3) is 2.20. The van der Waals surface area contributed by atoms with Gasteiger partial charge in [-0.05, 0) is 24.3 Å². The Hall–Kier alpha value is -2.67. The summed E-state index contributed by atoms with van der Waals surface area (Å²) >= 11 is 0. The minimum Gasteiger partial charge on any atom is -0.328 e. The third-order valence-corrected chi connectivity index (χ3v) is 2.64. The summed E-state index contributed by atoms with van der Waals surface area (Å²) in [4.78, 5) is 16.6. The van der Waals surface area contributed by atoms with E-state index in [4.69, 9.17) is 5.26 Å². The zero-order valence-corrected chi connectivity index (χ0v) is 9.87. The van der Waals surface area contributed by atoms with Crippen LogP contribution in [-0.4, -0.2) is 18.3 Å². The van der Waals surface area contributed by atoms with Crippen LogP contribution in [-0.2, 0) is 0 Å². The maximum absolute atomic E-state index is 10.6. The smallest absolute Gasteiger partial charge is 0.151 e. The topological polar surface area (TPSA) is 57.0 Å². The van der Waals surface area contributed by atoms with Gasteiger partial charge < -0.3 is 4.90 Å². The molecule has 1 aromatic heterocycles. The highest BCUT2D eigenvalue weighted by Crippen LogP contribution is 2.24. The number of aromatic nitrogens is 1. The van der Waals surface area contributed by atoms with E-state index in [1.807, 2.05) is 30.1 Å². The second-order valence-corrected chi connectivity index (χ2v) is 3.76. The van der Waals surface area contributed by atoms with E-state index >= 15 is 0 Å². The Morgan fingerprint density at radius 2 is 2.06 bits per heavy atom. The summed E-state index contributed by atoms with van der Waals surface area (Å²) in [5.41, 5.74) is 1.90. The molecule has 88 valence electrons. The van der Waals surface area contributed by atoms with Crippen LogP contribution in [0.1, 0.15) is 15.9 Å². The van der Waals surface area contributed by atoms with E-state index < -0.39 is 0 Å². The molecule has 0 fully saturated rings. The van der Waals surface area contributed by atoms with Gasteiger partial charge in [0.15, 0.2) is 6.29 Å². The summed E-state index contributed by atoms with van der Waals surface area (Å²) in [5, 5.41) is 9.05.